The van der Waals surface area contributed by atoms with Crippen molar-refractivity contribution in [2.24, 2.45) is 0 Å². The van der Waals surface area contributed by atoms with E-state index >= 15 is 0 Å². The Morgan fingerprint density at radius 2 is 1.88 bits per heavy atom. The molecule has 1 aromatic heterocycles. The Morgan fingerprint density at radius 3 is 2.42 bits per heavy atom. The number of piperazine rings is 1. The smallest absolute Gasteiger partial charge is 0.410 e. The minimum absolute atomic E-state index is 0.0885. The number of anilines is 1. The van der Waals surface area contributed by atoms with Gasteiger partial charge in [-0.15, -0.1) is 0 Å². The molecule has 142 valence electrons. The number of carbonyl (C=O) groups excluding carboxylic acids is 2. The first-order chi connectivity index (χ1) is 12.2. The maximum atomic E-state index is 14.5. The standard InChI is InChI=1S/C18H25FN4O3/c1-18(2,3)26-17(25)23-8-6-22(7-9-23)15-11-20-14(10-13(15)19)16(24)21-12-4-5-12/h10-12H,4-9H2,1-3H3,(H,21,24). The van der Waals surface area contributed by atoms with Crippen LogP contribution in [0.15, 0.2) is 12.3 Å². The van der Waals surface area contributed by atoms with Crippen LogP contribution in [0.2, 0.25) is 0 Å². The summed E-state index contributed by atoms with van der Waals surface area (Å²) in [5, 5.41) is 2.79. The molecule has 1 N–H and O–H groups in total. The molecule has 0 unspecified atom stereocenters. The van der Waals surface area contributed by atoms with Crippen LogP contribution in [0.4, 0.5) is 14.9 Å². The molecule has 1 aliphatic heterocycles. The summed E-state index contributed by atoms with van der Waals surface area (Å²) in [5.74, 6) is -0.820. The summed E-state index contributed by atoms with van der Waals surface area (Å²) in [5.41, 5.74) is -0.108. The number of amides is 2. The van der Waals surface area contributed by atoms with Gasteiger partial charge in [-0.1, -0.05) is 0 Å². The lowest BCUT2D eigenvalue weighted by Crippen LogP contribution is -2.50. The first-order valence-electron chi connectivity index (χ1n) is 8.92. The van der Waals surface area contributed by atoms with E-state index in [-0.39, 0.29) is 23.7 Å². The van der Waals surface area contributed by atoms with Gasteiger partial charge in [-0.25, -0.2) is 14.2 Å². The first kappa shape index (κ1) is 18.4. The van der Waals surface area contributed by atoms with Crippen molar-refractivity contribution in [2.75, 3.05) is 31.1 Å². The number of hydrogen-bond acceptors (Lipinski definition) is 5. The summed E-state index contributed by atoms with van der Waals surface area (Å²) >= 11 is 0. The Morgan fingerprint density at radius 1 is 1.23 bits per heavy atom. The molecular weight excluding hydrogens is 339 g/mol. The lowest BCUT2D eigenvalue weighted by molar-refractivity contribution is 0.0240. The zero-order chi connectivity index (χ0) is 18.9. The van der Waals surface area contributed by atoms with Crippen LogP contribution in [0.25, 0.3) is 0 Å². The highest BCUT2D eigenvalue weighted by Crippen LogP contribution is 2.23. The van der Waals surface area contributed by atoms with Crippen molar-refractivity contribution in [3.8, 4) is 0 Å². The predicted octanol–water partition coefficient (Wildman–Crippen LogP) is 2.17. The zero-order valence-electron chi connectivity index (χ0n) is 15.4. The number of pyridine rings is 1. The van der Waals surface area contributed by atoms with Crippen molar-refractivity contribution in [2.45, 2.75) is 45.3 Å². The van der Waals surface area contributed by atoms with Gasteiger partial charge in [0.25, 0.3) is 5.91 Å². The Labute approximate surface area is 152 Å². The molecule has 8 heteroatoms. The van der Waals surface area contributed by atoms with Gasteiger partial charge in [0.15, 0.2) is 0 Å². The van der Waals surface area contributed by atoms with Gasteiger partial charge >= 0.3 is 6.09 Å². The van der Waals surface area contributed by atoms with Crippen molar-refractivity contribution < 1.29 is 18.7 Å². The number of nitrogens with one attached hydrogen (secondary N) is 1. The molecule has 1 aliphatic carbocycles. The van der Waals surface area contributed by atoms with E-state index in [9.17, 15) is 14.0 Å². The highest BCUT2D eigenvalue weighted by atomic mass is 19.1. The molecule has 3 rings (SSSR count). The molecule has 0 spiro atoms. The highest BCUT2D eigenvalue weighted by molar-refractivity contribution is 5.92. The van der Waals surface area contributed by atoms with E-state index in [0.717, 1.165) is 12.8 Å². The number of nitrogens with zero attached hydrogens (tertiary/aromatic N) is 3. The summed E-state index contributed by atoms with van der Waals surface area (Å²) in [6.45, 7) is 7.31. The Kier molecular flexibility index (Phi) is 5.02. The Hall–Kier alpha value is -2.38. The third kappa shape index (κ3) is 4.62. The molecule has 1 saturated carbocycles. The van der Waals surface area contributed by atoms with Crippen LogP contribution in [0.5, 0.6) is 0 Å². The van der Waals surface area contributed by atoms with Crippen molar-refractivity contribution in [1.29, 1.82) is 0 Å². The van der Waals surface area contributed by atoms with Gasteiger partial charge in [0.2, 0.25) is 0 Å². The fraction of sp³-hybridized carbons (Fsp3) is 0.611. The Bertz CT molecular complexity index is 692. The minimum atomic E-state index is -0.541. The SMILES string of the molecule is CC(C)(C)OC(=O)N1CCN(c2cnc(C(=O)NC3CC3)cc2F)CC1. The quantitative estimate of drug-likeness (QED) is 0.890. The van der Waals surface area contributed by atoms with Crippen LogP contribution in [0.1, 0.15) is 44.1 Å². The molecule has 2 fully saturated rings. The van der Waals surface area contributed by atoms with Crippen LogP contribution >= 0.6 is 0 Å². The van der Waals surface area contributed by atoms with E-state index in [1.165, 1.54) is 12.3 Å². The third-order valence-electron chi connectivity index (χ3n) is 4.25. The number of hydrogen-bond donors (Lipinski definition) is 1. The lowest BCUT2D eigenvalue weighted by atomic mass is 10.2. The van der Waals surface area contributed by atoms with Crippen molar-refractivity contribution in [3.05, 3.63) is 23.8 Å². The molecule has 26 heavy (non-hydrogen) atoms. The highest BCUT2D eigenvalue weighted by Gasteiger charge is 2.28. The number of aromatic nitrogens is 1. The van der Waals surface area contributed by atoms with Gasteiger partial charge in [0.05, 0.1) is 11.9 Å². The average molecular weight is 364 g/mol. The van der Waals surface area contributed by atoms with Gasteiger partial charge in [-0.05, 0) is 33.6 Å². The summed E-state index contributed by atoms with van der Waals surface area (Å²) < 4.78 is 19.8. The van der Waals surface area contributed by atoms with E-state index in [4.69, 9.17) is 4.74 Å². The second kappa shape index (κ2) is 7.09. The average Bonchev–Trinajstić information content (AvgIpc) is 3.37. The van der Waals surface area contributed by atoms with E-state index in [2.05, 4.69) is 10.3 Å². The van der Waals surface area contributed by atoms with Gasteiger partial charge in [0, 0.05) is 38.3 Å². The largest absolute Gasteiger partial charge is 0.444 e. The van der Waals surface area contributed by atoms with E-state index in [1.54, 1.807) is 4.90 Å². The van der Waals surface area contributed by atoms with Crippen LogP contribution in [0.3, 0.4) is 0 Å². The first-order valence-corrected chi connectivity index (χ1v) is 8.92. The maximum absolute atomic E-state index is 14.5. The summed E-state index contributed by atoms with van der Waals surface area (Å²) in [7, 11) is 0. The van der Waals surface area contributed by atoms with Gasteiger partial charge < -0.3 is 19.9 Å². The molecule has 1 saturated heterocycles. The van der Waals surface area contributed by atoms with Crippen LogP contribution in [-0.2, 0) is 4.74 Å². The third-order valence-corrected chi connectivity index (χ3v) is 4.25. The molecule has 0 aromatic carbocycles. The van der Waals surface area contributed by atoms with E-state index in [0.29, 0.717) is 31.9 Å². The van der Waals surface area contributed by atoms with Crippen molar-refractivity contribution >= 4 is 17.7 Å². The van der Waals surface area contributed by atoms with Crippen molar-refractivity contribution in [3.63, 3.8) is 0 Å². The fourth-order valence-electron chi connectivity index (χ4n) is 2.72. The normalized spacial score (nSPS) is 17.8. The molecule has 0 radical (unpaired) electrons. The Balaban J connectivity index is 1.58. The second-order valence-electron chi connectivity index (χ2n) is 7.72. The molecule has 1 aromatic rings. The second-order valence-corrected chi connectivity index (χ2v) is 7.72. The van der Waals surface area contributed by atoms with Gasteiger partial charge in [0.1, 0.15) is 17.1 Å². The van der Waals surface area contributed by atoms with Gasteiger partial charge in [-0.3, -0.25) is 4.79 Å². The van der Waals surface area contributed by atoms with Crippen LogP contribution in [0, 0.1) is 5.82 Å². The van der Waals surface area contributed by atoms with Gasteiger partial charge in [-0.2, -0.15) is 0 Å². The summed E-state index contributed by atoms with van der Waals surface area (Å²) in [4.78, 5) is 31.6. The van der Waals surface area contributed by atoms with Crippen LogP contribution in [-0.4, -0.2) is 59.7 Å². The zero-order valence-corrected chi connectivity index (χ0v) is 15.4. The number of carbonyl (C=O) groups is 2. The molecule has 2 aliphatic rings. The van der Waals surface area contributed by atoms with E-state index in [1.807, 2.05) is 25.7 Å². The molecule has 7 nitrogen and oxygen atoms in total. The monoisotopic (exact) mass is 364 g/mol. The minimum Gasteiger partial charge on any atom is -0.444 e. The summed E-state index contributed by atoms with van der Waals surface area (Å²) in [6, 6.07) is 1.38. The molecule has 2 heterocycles. The molecule has 0 bridgehead atoms. The van der Waals surface area contributed by atoms with E-state index < -0.39 is 11.4 Å². The fourth-order valence-corrected chi connectivity index (χ4v) is 2.72. The number of rotatable bonds is 3. The lowest BCUT2D eigenvalue weighted by Gasteiger charge is -2.36. The predicted molar refractivity (Wildman–Crippen MR) is 94.7 cm³/mol. The molecule has 2 amide bonds. The molecular formula is C18H25FN4O3. The van der Waals surface area contributed by atoms with Crippen LogP contribution < -0.4 is 10.2 Å². The topological polar surface area (TPSA) is 74.8 Å². The maximum Gasteiger partial charge on any atom is 0.410 e. The molecule has 0 atom stereocenters. The summed E-state index contributed by atoms with van der Waals surface area (Å²) in [6.07, 6.45) is 2.96. The van der Waals surface area contributed by atoms with Crippen molar-refractivity contribution in [1.82, 2.24) is 15.2 Å². The number of ether oxygens (including phenoxy) is 1. The number of halogens is 1.